The number of carbonyl (C=O) groups excluding carboxylic acids is 1. The van der Waals surface area contributed by atoms with Gasteiger partial charge in [0, 0.05) is 17.4 Å². The third-order valence-corrected chi connectivity index (χ3v) is 4.14. The fourth-order valence-corrected chi connectivity index (χ4v) is 2.71. The van der Waals surface area contributed by atoms with Crippen LogP contribution in [-0.4, -0.2) is 32.5 Å². The summed E-state index contributed by atoms with van der Waals surface area (Å²) in [5, 5.41) is 6.60. The minimum atomic E-state index is -0.630. The van der Waals surface area contributed by atoms with Crippen molar-refractivity contribution in [3.8, 4) is 17.1 Å². The summed E-state index contributed by atoms with van der Waals surface area (Å²) < 4.78 is 25.3. The van der Waals surface area contributed by atoms with Crippen molar-refractivity contribution in [2.75, 3.05) is 12.4 Å². The molecule has 0 bridgehead atoms. The number of methoxy groups -OCH3 is 1. The van der Waals surface area contributed by atoms with Crippen molar-refractivity contribution < 1.29 is 18.4 Å². The molecule has 27 heavy (non-hydrogen) atoms. The van der Waals surface area contributed by atoms with Crippen molar-refractivity contribution in [3.63, 3.8) is 0 Å². The molecule has 0 radical (unpaired) electrons. The first-order valence-corrected chi connectivity index (χ1v) is 7.97. The van der Waals surface area contributed by atoms with E-state index in [1.807, 2.05) is 19.1 Å². The van der Waals surface area contributed by atoms with Crippen LogP contribution in [0, 0.1) is 12.7 Å². The Labute approximate surface area is 152 Å². The van der Waals surface area contributed by atoms with Crippen molar-refractivity contribution >= 4 is 17.2 Å². The van der Waals surface area contributed by atoms with Gasteiger partial charge in [-0.3, -0.25) is 9.20 Å². The van der Waals surface area contributed by atoms with Gasteiger partial charge in [-0.25, -0.2) is 4.98 Å². The van der Waals surface area contributed by atoms with Crippen LogP contribution in [0.2, 0.25) is 0 Å². The predicted molar refractivity (Wildman–Crippen MR) is 94.1 cm³/mol. The van der Waals surface area contributed by atoms with Gasteiger partial charge in [-0.05, 0) is 24.6 Å². The van der Waals surface area contributed by atoms with E-state index in [1.165, 1.54) is 36.4 Å². The van der Waals surface area contributed by atoms with Gasteiger partial charge in [0.2, 0.25) is 18.0 Å². The fourth-order valence-electron chi connectivity index (χ4n) is 2.71. The normalized spacial score (nSPS) is 10.9. The van der Waals surface area contributed by atoms with Crippen LogP contribution in [0.4, 0.5) is 10.1 Å². The molecule has 0 saturated carbocycles. The summed E-state index contributed by atoms with van der Waals surface area (Å²) in [4.78, 5) is 20.7. The molecule has 0 aliphatic carbocycles. The molecule has 0 fully saturated rings. The monoisotopic (exact) mass is 367 g/mol. The molecule has 0 spiro atoms. The van der Waals surface area contributed by atoms with Gasteiger partial charge in [-0.15, -0.1) is 0 Å². The van der Waals surface area contributed by atoms with E-state index in [-0.39, 0.29) is 17.1 Å². The maximum atomic E-state index is 14.3. The number of carbonyl (C=O) groups is 1. The summed E-state index contributed by atoms with van der Waals surface area (Å²) in [6, 6.07) is 6.83. The number of pyridine rings is 1. The van der Waals surface area contributed by atoms with Gasteiger partial charge >= 0.3 is 0 Å². The van der Waals surface area contributed by atoms with Crippen molar-refractivity contribution in [1.82, 2.24) is 19.5 Å². The van der Waals surface area contributed by atoms with Crippen LogP contribution >= 0.6 is 0 Å². The number of benzene rings is 1. The van der Waals surface area contributed by atoms with E-state index in [0.29, 0.717) is 17.1 Å². The van der Waals surface area contributed by atoms with Gasteiger partial charge in [-0.2, -0.15) is 9.37 Å². The molecule has 0 unspecified atom stereocenters. The molecule has 3 aromatic heterocycles. The predicted octanol–water partition coefficient (Wildman–Crippen LogP) is 3.09. The SMILES string of the molecule is COc1ccn2c(C(=O)Nc3cc(-c4ncon4)ccc3C)cnc2c1F. The van der Waals surface area contributed by atoms with Gasteiger partial charge in [0.05, 0.1) is 13.3 Å². The minimum absolute atomic E-state index is 0.0109. The average molecular weight is 367 g/mol. The Bertz CT molecular complexity index is 1140. The smallest absolute Gasteiger partial charge is 0.274 e. The molecule has 1 aromatic carbocycles. The lowest BCUT2D eigenvalue weighted by Crippen LogP contribution is -2.15. The van der Waals surface area contributed by atoms with Gasteiger partial charge in [0.25, 0.3) is 5.91 Å². The molecule has 8 nitrogen and oxygen atoms in total. The molecule has 3 heterocycles. The summed E-state index contributed by atoms with van der Waals surface area (Å²) in [6.07, 6.45) is 4.07. The third-order valence-electron chi connectivity index (χ3n) is 4.14. The summed E-state index contributed by atoms with van der Waals surface area (Å²) in [5.74, 6) is -0.590. The molecule has 1 amide bonds. The Morgan fingerprint density at radius 1 is 1.30 bits per heavy atom. The first-order chi connectivity index (χ1) is 13.1. The maximum absolute atomic E-state index is 14.3. The van der Waals surface area contributed by atoms with Gasteiger partial charge in [0.1, 0.15) is 5.69 Å². The maximum Gasteiger partial charge on any atom is 0.274 e. The van der Waals surface area contributed by atoms with Gasteiger partial charge in [-0.1, -0.05) is 17.3 Å². The Hall–Kier alpha value is -3.75. The van der Waals surface area contributed by atoms with Crippen molar-refractivity contribution in [3.05, 3.63) is 60.1 Å². The van der Waals surface area contributed by atoms with E-state index < -0.39 is 11.7 Å². The number of hydrogen-bond acceptors (Lipinski definition) is 6. The molecule has 4 rings (SSSR count). The van der Waals surface area contributed by atoms with E-state index >= 15 is 0 Å². The second-order valence-electron chi connectivity index (χ2n) is 5.77. The second kappa shape index (κ2) is 6.52. The Kier molecular flexibility index (Phi) is 4.03. The number of hydrogen-bond donors (Lipinski definition) is 1. The van der Waals surface area contributed by atoms with E-state index in [0.717, 1.165) is 5.56 Å². The fraction of sp³-hybridized carbons (Fsp3) is 0.111. The molecular formula is C18H14FN5O3. The highest BCUT2D eigenvalue weighted by Gasteiger charge is 2.18. The van der Waals surface area contributed by atoms with Crippen molar-refractivity contribution in [2.24, 2.45) is 0 Å². The van der Waals surface area contributed by atoms with E-state index in [1.54, 1.807) is 6.07 Å². The number of fused-ring (bicyclic) bond motifs is 1. The summed E-state index contributed by atoms with van der Waals surface area (Å²) in [7, 11) is 1.37. The number of aryl methyl sites for hydroxylation is 1. The number of aromatic nitrogens is 4. The summed E-state index contributed by atoms with van der Waals surface area (Å²) in [6.45, 7) is 1.86. The van der Waals surface area contributed by atoms with Crippen LogP contribution in [-0.2, 0) is 0 Å². The van der Waals surface area contributed by atoms with Crippen LogP contribution in [0.5, 0.6) is 5.75 Å². The van der Waals surface area contributed by atoms with E-state index in [2.05, 4.69) is 20.4 Å². The number of ether oxygens (including phenoxy) is 1. The van der Waals surface area contributed by atoms with Crippen molar-refractivity contribution in [2.45, 2.75) is 6.92 Å². The van der Waals surface area contributed by atoms with Crippen LogP contribution < -0.4 is 10.1 Å². The van der Waals surface area contributed by atoms with Gasteiger partial charge < -0.3 is 14.6 Å². The van der Waals surface area contributed by atoms with Crippen LogP contribution in [0.1, 0.15) is 16.1 Å². The molecular weight excluding hydrogens is 353 g/mol. The zero-order chi connectivity index (χ0) is 19.0. The Morgan fingerprint density at radius 2 is 2.15 bits per heavy atom. The number of nitrogens with one attached hydrogen (secondary N) is 1. The molecule has 9 heteroatoms. The first kappa shape index (κ1) is 16.7. The lowest BCUT2D eigenvalue weighted by molar-refractivity contribution is 0.102. The Morgan fingerprint density at radius 3 is 2.89 bits per heavy atom. The molecule has 0 saturated heterocycles. The zero-order valence-electron chi connectivity index (χ0n) is 14.4. The molecule has 0 atom stereocenters. The highest BCUT2D eigenvalue weighted by molar-refractivity contribution is 6.04. The quantitative estimate of drug-likeness (QED) is 0.596. The first-order valence-electron chi connectivity index (χ1n) is 7.97. The highest BCUT2D eigenvalue weighted by Crippen LogP contribution is 2.25. The molecule has 1 N–H and O–H groups in total. The molecule has 0 aliphatic rings. The average Bonchev–Trinajstić information content (AvgIpc) is 3.34. The molecule has 4 aromatic rings. The zero-order valence-corrected chi connectivity index (χ0v) is 14.4. The number of nitrogens with zero attached hydrogens (tertiary/aromatic N) is 4. The Balaban J connectivity index is 1.68. The van der Waals surface area contributed by atoms with Crippen LogP contribution in [0.25, 0.3) is 17.0 Å². The number of amides is 1. The lowest BCUT2D eigenvalue weighted by Gasteiger charge is -2.10. The highest BCUT2D eigenvalue weighted by atomic mass is 19.1. The molecule has 136 valence electrons. The van der Waals surface area contributed by atoms with Crippen LogP contribution in [0.3, 0.4) is 0 Å². The second-order valence-corrected chi connectivity index (χ2v) is 5.77. The minimum Gasteiger partial charge on any atom is -0.493 e. The third kappa shape index (κ3) is 2.88. The number of rotatable bonds is 4. The number of imidazole rings is 1. The summed E-state index contributed by atoms with van der Waals surface area (Å²) >= 11 is 0. The lowest BCUT2D eigenvalue weighted by atomic mass is 10.1. The van der Waals surface area contributed by atoms with E-state index in [9.17, 15) is 9.18 Å². The number of halogens is 1. The van der Waals surface area contributed by atoms with Crippen LogP contribution in [0.15, 0.2) is 47.6 Å². The molecule has 0 aliphatic heterocycles. The number of anilines is 1. The largest absolute Gasteiger partial charge is 0.493 e. The summed E-state index contributed by atoms with van der Waals surface area (Å²) in [5.41, 5.74) is 2.31. The standard InChI is InChI=1S/C18H14FN5O3/c1-10-3-4-11(16-21-9-27-23-16)7-12(10)22-18(25)13-8-20-17-15(19)14(26-2)5-6-24(13)17/h3-9H,1-2H3,(H,22,25). The topological polar surface area (TPSA) is 94.6 Å². The van der Waals surface area contributed by atoms with Gasteiger partial charge in [0.15, 0.2) is 11.4 Å². The van der Waals surface area contributed by atoms with Crippen molar-refractivity contribution in [1.29, 1.82) is 0 Å². The van der Waals surface area contributed by atoms with E-state index in [4.69, 9.17) is 9.26 Å².